The number of ether oxygens (including phenoxy) is 1. The zero-order valence-electron chi connectivity index (χ0n) is 8.91. The van der Waals surface area contributed by atoms with Crippen molar-refractivity contribution in [2.24, 2.45) is 0 Å². The SMILES string of the molecule is COc1ccc2c(c1)C(Br)c1ccccc1-2. The predicted octanol–water partition coefficient (Wildman–Crippen LogP) is 4.16. The molecule has 16 heavy (non-hydrogen) atoms. The normalized spacial score (nSPS) is 16.8. The lowest BCUT2D eigenvalue weighted by Crippen LogP contribution is -1.87. The van der Waals surface area contributed by atoms with Gasteiger partial charge >= 0.3 is 0 Å². The van der Waals surface area contributed by atoms with Crippen LogP contribution in [0.2, 0.25) is 0 Å². The summed E-state index contributed by atoms with van der Waals surface area (Å²) in [6, 6.07) is 14.8. The largest absolute Gasteiger partial charge is 0.497 e. The van der Waals surface area contributed by atoms with Gasteiger partial charge in [0, 0.05) is 0 Å². The van der Waals surface area contributed by atoms with Crippen molar-refractivity contribution in [3.05, 3.63) is 53.6 Å². The van der Waals surface area contributed by atoms with E-state index in [4.69, 9.17) is 4.74 Å². The molecule has 0 amide bonds. The molecule has 0 N–H and O–H groups in total. The molecule has 1 aliphatic carbocycles. The second-order valence-electron chi connectivity index (χ2n) is 3.90. The van der Waals surface area contributed by atoms with Crippen LogP contribution in [0.25, 0.3) is 11.1 Å². The summed E-state index contributed by atoms with van der Waals surface area (Å²) in [5, 5.41) is 0. The zero-order valence-corrected chi connectivity index (χ0v) is 10.5. The molecule has 0 aromatic heterocycles. The highest BCUT2D eigenvalue weighted by Crippen LogP contribution is 2.48. The fraction of sp³-hybridized carbons (Fsp3) is 0.143. The molecule has 1 atom stereocenters. The molecule has 0 saturated heterocycles. The van der Waals surface area contributed by atoms with Crippen LogP contribution in [0.4, 0.5) is 0 Å². The van der Waals surface area contributed by atoms with Crippen LogP contribution in [0.3, 0.4) is 0 Å². The first kappa shape index (κ1) is 9.91. The van der Waals surface area contributed by atoms with Gasteiger partial charge in [-0.1, -0.05) is 46.3 Å². The van der Waals surface area contributed by atoms with Crippen molar-refractivity contribution in [1.29, 1.82) is 0 Å². The van der Waals surface area contributed by atoms with Gasteiger partial charge in [-0.2, -0.15) is 0 Å². The third kappa shape index (κ3) is 1.30. The van der Waals surface area contributed by atoms with E-state index in [-0.39, 0.29) is 4.83 Å². The second kappa shape index (κ2) is 3.63. The Bertz CT molecular complexity index is 548. The van der Waals surface area contributed by atoms with Gasteiger partial charge in [0.15, 0.2) is 0 Å². The summed E-state index contributed by atoms with van der Waals surface area (Å²) in [4.78, 5) is 0.286. The molecular weight excluding hydrogens is 264 g/mol. The third-order valence-corrected chi connectivity index (χ3v) is 4.04. The third-order valence-electron chi connectivity index (χ3n) is 3.06. The van der Waals surface area contributed by atoms with E-state index in [1.807, 2.05) is 6.07 Å². The Balaban J connectivity index is 2.24. The average molecular weight is 275 g/mol. The summed E-state index contributed by atoms with van der Waals surface area (Å²) >= 11 is 3.74. The fourth-order valence-electron chi connectivity index (χ4n) is 2.25. The summed E-state index contributed by atoms with van der Waals surface area (Å²) in [6.07, 6.45) is 0. The maximum atomic E-state index is 5.27. The molecule has 1 unspecified atom stereocenters. The molecule has 0 fully saturated rings. The quantitative estimate of drug-likeness (QED) is 0.710. The maximum absolute atomic E-state index is 5.27. The number of hydrogen-bond acceptors (Lipinski definition) is 1. The highest BCUT2D eigenvalue weighted by molar-refractivity contribution is 9.09. The molecule has 0 aliphatic heterocycles. The van der Waals surface area contributed by atoms with E-state index in [0.29, 0.717) is 0 Å². The molecule has 1 nitrogen and oxygen atoms in total. The lowest BCUT2D eigenvalue weighted by molar-refractivity contribution is 0.414. The molecular formula is C14H11BrO. The molecule has 1 aliphatic rings. The average Bonchev–Trinajstić information content (AvgIpc) is 2.64. The Hall–Kier alpha value is -1.28. The standard InChI is InChI=1S/C14H11BrO/c1-16-9-6-7-11-10-4-2-3-5-12(10)14(15)13(11)8-9/h2-8,14H,1H3. The van der Waals surface area contributed by atoms with Crippen molar-refractivity contribution in [2.45, 2.75) is 4.83 Å². The van der Waals surface area contributed by atoms with Crippen molar-refractivity contribution in [1.82, 2.24) is 0 Å². The van der Waals surface area contributed by atoms with Gasteiger partial charge < -0.3 is 4.74 Å². The Labute approximate surface area is 103 Å². The molecule has 0 radical (unpaired) electrons. The van der Waals surface area contributed by atoms with E-state index < -0.39 is 0 Å². The zero-order chi connectivity index (χ0) is 11.1. The van der Waals surface area contributed by atoms with Gasteiger partial charge in [0.05, 0.1) is 11.9 Å². The molecule has 2 aromatic rings. The highest BCUT2D eigenvalue weighted by atomic mass is 79.9. The minimum atomic E-state index is 0.286. The highest BCUT2D eigenvalue weighted by Gasteiger charge is 2.26. The number of rotatable bonds is 1. The van der Waals surface area contributed by atoms with Crippen LogP contribution in [0.5, 0.6) is 5.75 Å². The maximum Gasteiger partial charge on any atom is 0.119 e. The van der Waals surface area contributed by atoms with Gasteiger partial charge in [-0.3, -0.25) is 0 Å². The number of fused-ring (bicyclic) bond motifs is 3. The minimum Gasteiger partial charge on any atom is -0.497 e. The Kier molecular flexibility index (Phi) is 2.25. The van der Waals surface area contributed by atoms with E-state index in [0.717, 1.165) is 5.75 Å². The minimum absolute atomic E-state index is 0.286. The van der Waals surface area contributed by atoms with Crippen LogP contribution in [-0.2, 0) is 0 Å². The number of halogens is 1. The summed E-state index contributed by atoms with van der Waals surface area (Å²) in [6.45, 7) is 0. The van der Waals surface area contributed by atoms with Crippen molar-refractivity contribution in [2.75, 3.05) is 7.11 Å². The molecule has 2 heteroatoms. The van der Waals surface area contributed by atoms with Gasteiger partial charge in [-0.25, -0.2) is 0 Å². The van der Waals surface area contributed by atoms with Crippen molar-refractivity contribution in [3.63, 3.8) is 0 Å². The number of methoxy groups -OCH3 is 1. The lowest BCUT2D eigenvalue weighted by atomic mass is 10.1. The second-order valence-corrected chi connectivity index (χ2v) is 4.82. The first-order valence-electron chi connectivity index (χ1n) is 5.22. The van der Waals surface area contributed by atoms with Gasteiger partial charge in [0.1, 0.15) is 5.75 Å². The lowest BCUT2D eigenvalue weighted by Gasteiger charge is -2.06. The van der Waals surface area contributed by atoms with Gasteiger partial charge in [0.2, 0.25) is 0 Å². The van der Waals surface area contributed by atoms with Crippen LogP contribution in [0, 0.1) is 0 Å². The van der Waals surface area contributed by atoms with Gasteiger partial charge in [-0.05, 0) is 34.4 Å². The summed E-state index contributed by atoms with van der Waals surface area (Å²) in [5.41, 5.74) is 5.26. The van der Waals surface area contributed by atoms with Crippen molar-refractivity contribution in [3.8, 4) is 16.9 Å². The summed E-state index contributed by atoms with van der Waals surface area (Å²) < 4.78 is 5.27. The van der Waals surface area contributed by atoms with E-state index in [9.17, 15) is 0 Å². The molecule has 2 aromatic carbocycles. The van der Waals surface area contributed by atoms with Crippen LogP contribution >= 0.6 is 15.9 Å². The Morgan fingerprint density at radius 3 is 2.56 bits per heavy atom. The van der Waals surface area contributed by atoms with E-state index in [1.54, 1.807) is 7.11 Å². The predicted molar refractivity (Wildman–Crippen MR) is 69.2 cm³/mol. The first-order chi connectivity index (χ1) is 7.81. The Morgan fingerprint density at radius 2 is 1.75 bits per heavy atom. The molecule has 0 heterocycles. The van der Waals surface area contributed by atoms with Crippen molar-refractivity contribution >= 4 is 15.9 Å². The van der Waals surface area contributed by atoms with E-state index in [1.165, 1.54) is 22.3 Å². The first-order valence-corrected chi connectivity index (χ1v) is 6.14. The topological polar surface area (TPSA) is 9.23 Å². The number of alkyl halides is 1. The van der Waals surface area contributed by atoms with Crippen molar-refractivity contribution < 1.29 is 4.74 Å². The molecule has 0 saturated carbocycles. The van der Waals surface area contributed by atoms with E-state index >= 15 is 0 Å². The summed E-state index contributed by atoms with van der Waals surface area (Å²) in [7, 11) is 1.70. The van der Waals surface area contributed by atoms with Gasteiger partial charge in [0.25, 0.3) is 0 Å². The smallest absolute Gasteiger partial charge is 0.119 e. The molecule has 3 rings (SSSR count). The summed E-state index contributed by atoms with van der Waals surface area (Å²) in [5.74, 6) is 0.913. The van der Waals surface area contributed by atoms with Gasteiger partial charge in [-0.15, -0.1) is 0 Å². The van der Waals surface area contributed by atoms with E-state index in [2.05, 4.69) is 52.3 Å². The Morgan fingerprint density at radius 1 is 1.00 bits per heavy atom. The van der Waals surface area contributed by atoms with Crippen LogP contribution < -0.4 is 4.74 Å². The number of hydrogen-bond donors (Lipinski definition) is 0. The van der Waals surface area contributed by atoms with Crippen LogP contribution in [0.1, 0.15) is 16.0 Å². The van der Waals surface area contributed by atoms with Crippen LogP contribution in [-0.4, -0.2) is 7.11 Å². The molecule has 0 spiro atoms. The van der Waals surface area contributed by atoms with Crippen LogP contribution in [0.15, 0.2) is 42.5 Å². The number of benzene rings is 2. The molecule has 0 bridgehead atoms. The molecule has 80 valence electrons. The monoisotopic (exact) mass is 274 g/mol. The fourth-order valence-corrected chi connectivity index (χ4v) is 3.03.